The second-order valence-corrected chi connectivity index (χ2v) is 13.2. The van der Waals surface area contributed by atoms with E-state index in [1.54, 1.807) is 6.07 Å². The standard InChI is InChI=1S/C47H31F3N4/c1-30-13-8-9-20-37(30)34-23-26-43-41(28-34)38-21-10-11-22-42(38)54(43)36-24-25-39(40(29-36)33-18-12-19-35(27-33)47(48,49)50)46-52-44(31-14-4-2-5-15-31)51-45(53-46)32-16-6-3-7-17-32/h2-29H,1H3. The average molecular weight is 709 g/mol. The van der Waals surface area contributed by atoms with Gasteiger partial charge >= 0.3 is 6.18 Å². The number of nitrogens with zero attached hydrogens (tertiary/aromatic N) is 4. The van der Waals surface area contributed by atoms with Gasteiger partial charge in [-0.1, -0.05) is 121 Å². The van der Waals surface area contributed by atoms with Crippen molar-refractivity contribution in [1.82, 2.24) is 19.5 Å². The van der Waals surface area contributed by atoms with Gasteiger partial charge in [-0.05, 0) is 83.3 Å². The van der Waals surface area contributed by atoms with E-state index in [0.717, 1.165) is 55.8 Å². The van der Waals surface area contributed by atoms with Gasteiger partial charge in [-0.3, -0.25) is 0 Å². The fourth-order valence-corrected chi connectivity index (χ4v) is 7.21. The Balaban J connectivity index is 1.30. The lowest BCUT2D eigenvalue weighted by atomic mass is 9.96. The first kappa shape index (κ1) is 33.0. The predicted molar refractivity (Wildman–Crippen MR) is 211 cm³/mol. The third-order valence-corrected chi connectivity index (χ3v) is 9.83. The van der Waals surface area contributed by atoms with Gasteiger partial charge in [-0.25, -0.2) is 15.0 Å². The molecule has 0 aliphatic heterocycles. The molecule has 0 unspecified atom stereocenters. The lowest BCUT2D eigenvalue weighted by molar-refractivity contribution is -0.137. The predicted octanol–water partition coefficient (Wildman–Crippen LogP) is 12.6. The molecule has 0 spiro atoms. The van der Waals surface area contributed by atoms with E-state index in [0.29, 0.717) is 34.2 Å². The molecule has 9 rings (SSSR count). The van der Waals surface area contributed by atoms with Gasteiger partial charge in [0.2, 0.25) is 0 Å². The summed E-state index contributed by atoms with van der Waals surface area (Å²) in [6, 6.07) is 53.5. The highest BCUT2D eigenvalue weighted by Gasteiger charge is 2.31. The second kappa shape index (κ2) is 13.3. The largest absolute Gasteiger partial charge is 0.416 e. The van der Waals surface area contributed by atoms with Gasteiger partial charge in [-0.2, -0.15) is 13.2 Å². The molecule has 0 aliphatic rings. The van der Waals surface area contributed by atoms with Crippen LogP contribution in [0.15, 0.2) is 170 Å². The van der Waals surface area contributed by atoms with Crippen LogP contribution in [-0.4, -0.2) is 19.5 Å². The molecule has 7 heteroatoms. The minimum atomic E-state index is -4.52. The number of alkyl halides is 3. The van der Waals surface area contributed by atoms with E-state index in [1.807, 2.05) is 103 Å². The summed E-state index contributed by atoms with van der Waals surface area (Å²) in [5.41, 5.74) is 8.61. The molecular formula is C47H31F3N4. The van der Waals surface area contributed by atoms with E-state index in [4.69, 9.17) is 15.0 Å². The number of aryl methyl sites for hydroxylation is 1. The Kier molecular flexibility index (Phi) is 8.12. The molecule has 0 fully saturated rings. The molecule has 0 atom stereocenters. The summed E-state index contributed by atoms with van der Waals surface area (Å²) in [5.74, 6) is 1.28. The Bertz CT molecular complexity index is 2770. The van der Waals surface area contributed by atoms with Crippen molar-refractivity contribution >= 4 is 21.8 Å². The normalized spacial score (nSPS) is 11.7. The van der Waals surface area contributed by atoms with Gasteiger partial charge in [-0.15, -0.1) is 0 Å². The summed E-state index contributed by atoms with van der Waals surface area (Å²) in [6.07, 6.45) is -4.52. The zero-order valence-corrected chi connectivity index (χ0v) is 29.1. The van der Waals surface area contributed by atoms with E-state index in [9.17, 15) is 13.2 Å². The minimum Gasteiger partial charge on any atom is -0.309 e. The SMILES string of the molecule is Cc1ccccc1-c1ccc2c(c1)c1ccccc1n2-c1ccc(-c2nc(-c3ccccc3)nc(-c3ccccc3)n2)c(-c2cccc(C(F)(F)F)c2)c1. The highest BCUT2D eigenvalue weighted by atomic mass is 19.4. The molecule has 0 N–H and O–H groups in total. The van der Waals surface area contributed by atoms with Gasteiger partial charge in [0.15, 0.2) is 17.5 Å². The molecule has 260 valence electrons. The maximum absolute atomic E-state index is 14.2. The van der Waals surface area contributed by atoms with Gasteiger partial charge < -0.3 is 4.57 Å². The van der Waals surface area contributed by atoms with Crippen LogP contribution in [0.4, 0.5) is 13.2 Å². The van der Waals surface area contributed by atoms with Crippen LogP contribution in [0.25, 0.3) is 83.9 Å². The number of rotatable bonds is 6. The number of benzene rings is 7. The number of halogens is 3. The van der Waals surface area contributed by atoms with Crippen LogP contribution < -0.4 is 0 Å². The van der Waals surface area contributed by atoms with Gasteiger partial charge in [0, 0.05) is 33.2 Å². The topological polar surface area (TPSA) is 43.6 Å². The number of aromatic nitrogens is 4. The fourth-order valence-electron chi connectivity index (χ4n) is 7.21. The summed E-state index contributed by atoms with van der Waals surface area (Å²) in [6.45, 7) is 2.11. The molecule has 4 nitrogen and oxygen atoms in total. The van der Waals surface area contributed by atoms with Crippen LogP contribution in [0.5, 0.6) is 0 Å². The highest BCUT2D eigenvalue weighted by molar-refractivity contribution is 6.10. The van der Waals surface area contributed by atoms with Crippen molar-refractivity contribution in [2.75, 3.05) is 0 Å². The minimum absolute atomic E-state index is 0.353. The first-order valence-corrected chi connectivity index (χ1v) is 17.6. The molecule has 2 aromatic heterocycles. The number of para-hydroxylation sites is 1. The number of hydrogen-bond donors (Lipinski definition) is 0. The zero-order valence-electron chi connectivity index (χ0n) is 29.1. The van der Waals surface area contributed by atoms with Crippen LogP contribution in [0.1, 0.15) is 11.1 Å². The molecule has 0 saturated heterocycles. The molecule has 0 bridgehead atoms. The van der Waals surface area contributed by atoms with Crippen LogP contribution in [0, 0.1) is 6.92 Å². The van der Waals surface area contributed by atoms with Crippen molar-refractivity contribution in [1.29, 1.82) is 0 Å². The third kappa shape index (κ3) is 5.99. The monoisotopic (exact) mass is 708 g/mol. The Morgan fingerprint density at radius 2 is 1.02 bits per heavy atom. The van der Waals surface area contributed by atoms with E-state index in [-0.39, 0.29) is 0 Å². The molecule has 9 aromatic rings. The maximum Gasteiger partial charge on any atom is 0.416 e. The smallest absolute Gasteiger partial charge is 0.309 e. The molecule has 7 aromatic carbocycles. The maximum atomic E-state index is 14.2. The molecule has 0 amide bonds. The van der Waals surface area contributed by atoms with Gasteiger partial charge in [0.25, 0.3) is 0 Å². The lowest BCUT2D eigenvalue weighted by Gasteiger charge is -2.16. The van der Waals surface area contributed by atoms with Crippen molar-refractivity contribution in [3.05, 3.63) is 181 Å². The van der Waals surface area contributed by atoms with E-state index in [2.05, 4.69) is 54.0 Å². The molecule has 0 aliphatic carbocycles. The Hall–Kier alpha value is -6.86. The van der Waals surface area contributed by atoms with E-state index in [1.165, 1.54) is 17.7 Å². The Morgan fingerprint density at radius 3 is 1.72 bits per heavy atom. The second-order valence-electron chi connectivity index (χ2n) is 13.2. The Labute approximate surface area is 309 Å². The van der Waals surface area contributed by atoms with Gasteiger partial charge in [0.05, 0.1) is 16.6 Å². The first-order valence-electron chi connectivity index (χ1n) is 17.6. The summed E-state index contributed by atoms with van der Waals surface area (Å²) < 4.78 is 44.7. The van der Waals surface area contributed by atoms with Crippen molar-refractivity contribution in [2.45, 2.75) is 13.1 Å². The summed E-state index contributed by atoms with van der Waals surface area (Å²) in [5, 5.41) is 2.15. The first-order chi connectivity index (χ1) is 26.3. The van der Waals surface area contributed by atoms with Crippen LogP contribution in [-0.2, 0) is 6.18 Å². The molecule has 2 heterocycles. The molecule has 0 radical (unpaired) electrons. The number of hydrogen-bond acceptors (Lipinski definition) is 3. The van der Waals surface area contributed by atoms with E-state index < -0.39 is 11.7 Å². The fraction of sp³-hybridized carbons (Fsp3) is 0.0426. The number of fused-ring (bicyclic) bond motifs is 3. The highest BCUT2D eigenvalue weighted by Crippen LogP contribution is 2.40. The lowest BCUT2D eigenvalue weighted by Crippen LogP contribution is -2.05. The quantitative estimate of drug-likeness (QED) is 0.173. The van der Waals surface area contributed by atoms with Crippen molar-refractivity contribution < 1.29 is 13.2 Å². The van der Waals surface area contributed by atoms with Crippen LogP contribution in [0.3, 0.4) is 0 Å². The summed E-state index contributed by atoms with van der Waals surface area (Å²) >= 11 is 0. The Morgan fingerprint density at radius 1 is 0.426 bits per heavy atom. The van der Waals surface area contributed by atoms with Crippen LogP contribution in [0.2, 0.25) is 0 Å². The molecule has 0 saturated carbocycles. The van der Waals surface area contributed by atoms with Crippen LogP contribution >= 0.6 is 0 Å². The van der Waals surface area contributed by atoms with E-state index >= 15 is 0 Å². The molecular weight excluding hydrogens is 678 g/mol. The zero-order chi connectivity index (χ0) is 36.8. The van der Waals surface area contributed by atoms with Gasteiger partial charge in [0.1, 0.15) is 0 Å². The summed E-state index contributed by atoms with van der Waals surface area (Å²) in [7, 11) is 0. The van der Waals surface area contributed by atoms with Crippen molar-refractivity contribution in [3.63, 3.8) is 0 Å². The molecule has 54 heavy (non-hydrogen) atoms. The average Bonchev–Trinajstić information content (AvgIpc) is 3.55. The summed E-state index contributed by atoms with van der Waals surface area (Å²) in [4.78, 5) is 14.7. The van der Waals surface area contributed by atoms with Crippen molar-refractivity contribution in [3.8, 4) is 62.1 Å². The third-order valence-electron chi connectivity index (χ3n) is 9.83. The van der Waals surface area contributed by atoms with Crippen molar-refractivity contribution in [2.24, 2.45) is 0 Å².